The summed E-state index contributed by atoms with van der Waals surface area (Å²) in [5.74, 6) is 0.864. The van der Waals surface area contributed by atoms with Gasteiger partial charge in [0.05, 0.1) is 18.7 Å². The first-order valence-electron chi connectivity index (χ1n) is 15.3. The number of fused-ring (bicyclic) bond motifs is 1. The maximum Gasteiger partial charge on any atom is 0.430 e. The van der Waals surface area contributed by atoms with Gasteiger partial charge in [-0.2, -0.15) is 26.3 Å². The Morgan fingerprint density at radius 2 is 1.76 bits per heavy atom. The molecule has 0 aliphatic carbocycles. The Balaban J connectivity index is 1.28. The molecule has 2 aromatic rings. The monoisotopic (exact) mass is 642 g/mol. The number of carbonyl (C=O) groups excluding carboxylic acids is 1. The van der Waals surface area contributed by atoms with E-state index in [0.717, 1.165) is 23.8 Å². The maximum atomic E-state index is 13.6. The smallest absolute Gasteiger partial charge is 0.430 e. The molecular weight excluding hydrogens is 602 g/mol. The number of hydrogen-bond acceptors (Lipinski definition) is 6. The molecule has 0 spiro atoms. The van der Waals surface area contributed by atoms with E-state index in [1.54, 1.807) is 11.8 Å². The van der Waals surface area contributed by atoms with E-state index in [2.05, 4.69) is 29.3 Å². The van der Waals surface area contributed by atoms with Crippen molar-refractivity contribution in [3.05, 3.63) is 58.7 Å². The molecular formula is C32H40F6N4O3. The molecule has 2 N–H and O–H groups in total. The number of carbonyl (C=O) groups is 1. The summed E-state index contributed by atoms with van der Waals surface area (Å²) in [5.41, 5.74) is -3.49. The van der Waals surface area contributed by atoms with Crippen molar-refractivity contribution in [2.24, 2.45) is 0 Å². The molecule has 2 aromatic carbocycles. The molecule has 3 atom stereocenters. The summed E-state index contributed by atoms with van der Waals surface area (Å²) in [6.45, 7) is 10.4. The van der Waals surface area contributed by atoms with E-state index >= 15 is 0 Å². The Morgan fingerprint density at radius 1 is 1.04 bits per heavy atom. The Bertz CT molecular complexity index is 1400. The second kappa shape index (κ2) is 12.0. The van der Waals surface area contributed by atoms with Crippen molar-refractivity contribution in [3.63, 3.8) is 0 Å². The Kier molecular flexibility index (Phi) is 8.86. The minimum Gasteiger partial charge on any atom is -0.493 e. The fourth-order valence-corrected chi connectivity index (χ4v) is 6.82. The predicted octanol–water partition coefficient (Wildman–Crippen LogP) is 5.09. The van der Waals surface area contributed by atoms with E-state index in [1.165, 1.54) is 11.6 Å². The van der Waals surface area contributed by atoms with Gasteiger partial charge in [-0.15, -0.1) is 0 Å². The third-order valence-corrected chi connectivity index (χ3v) is 9.37. The van der Waals surface area contributed by atoms with Gasteiger partial charge in [0.1, 0.15) is 5.75 Å². The summed E-state index contributed by atoms with van der Waals surface area (Å²) >= 11 is 0. The van der Waals surface area contributed by atoms with Crippen molar-refractivity contribution in [1.29, 1.82) is 0 Å². The molecule has 5 rings (SSSR count). The summed E-state index contributed by atoms with van der Waals surface area (Å²) < 4.78 is 87.1. The lowest BCUT2D eigenvalue weighted by atomic mass is 9.89. The average molecular weight is 643 g/mol. The minimum absolute atomic E-state index is 0.0491. The van der Waals surface area contributed by atoms with E-state index in [4.69, 9.17) is 4.74 Å². The molecule has 45 heavy (non-hydrogen) atoms. The molecule has 0 aromatic heterocycles. The zero-order valence-corrected chi connectivity index (χ0v) is 25.9. The van der Waals surface area contributed by atoms with Crippen molar-refractivity contribution in [2.75, 3.05) is 44.4 Å². The molecule has 3 aliphatic heterocycles. The number of nitrogens with one attached hydrogen (secondary N) is 1. The summed E-state index contributed by atoms with van der Waals surface area (Å²) in [6.07, 6.45) is -10.4. The number of anilines is 1. The Morgan fingerprint density at radius 3 is 2.42 bits per heavy atom. The third kappa shape index (κ3) is 6.10. The van der Waals surface area contributed by atoms with Crippen LogP contribution in [0.15, 0.2) is 36.4 Å². The highest BCUT2D eigenvalue weighted by atomic mass is 19.4. The van der Waals surface area contributed by atoms with Gasteiger partial charge >= 0.3 is 12.4 Å². The van der Waals surface area contributed by atoms with Gasteiger partial charge < -0.3 is 19.6 Å². The average Bonchev–Trinajstić information content (AvgIpc) is 3.59. The van der Waals surface area contributed by atoms with E-state index in [-0.39, 0.29) is 42.1 Å². The number of amides is 1. The molecule has 0 saturated carbocycles. The van der Waals surface area contributed by atoms with E-state index in [9.17, 15) is 36.2 Å². The molecule has 2 unspecified atom stereocenters. The van der Waals surface area contributed by atoms with Crippen molar-refractivity contribution in [2.45, 2.75) is 82.5 Å². The van der Waals surface area contributed by atoms with Gasteiger partial charge in [-0.3, -0.25) is 15.0 Å². The Labute approximate surface area is 259 Å². The van der Waals surface area contributed by atoms with Crippen LogP contribution in [0.25, 0.3) is 0 Å². The zero-order valence-electron chi connectivity index (χ0n) is 25.9. The van der Waals surface area contributed by atoms with Crippen LogP contribution < -0.4 is 15.0 Å². The van der Waals surface area contributed by atoms with Crippen molar-refractivity contribution in [3.8, 4) is 5.75 Å². The molecule has 0 bridgehead atoms. The van der Waals surface area contributed by atoms with Gasteiger partial charge in [0, 0.05) is 56.1 Å². The van der Waals surface area contributed by atoms with Gasteiger partial charge in [0.25, 0.3) is 5.60 Å². The minimum atomic E-state index is -5.96. The summed E-state index contributed by atoms with van der Waals surface area (Å²) in [6, 6.07) is 8.44. The van der Waals surface area contributed by atoms with Gasteiger partial charge in [-0.1, -0.05) is 37.6 Å². The van der Waals surface area contributed by atoms with E-state index < -0.39 is 23.5 Å². The van der Waals surface area contributed by atoms with Crippen LogP contribution in [-0.4, -0.2) is 84.7 Å². The summed E-state index contributed by atoms with van der Waals surface area (Å²) in [5, 5.41) is 13.5. The van der Waals surface area contributed by atoms with Crippen LogP contribution in [0.3, 0.4) is 0 Å². The zero-order chi connectivity index (χ0) is 32.9. The molecule has 0 radical (unpaired) electrons. The lowest BCUT2D eigenvalue weighted by Gasteiger charge is -2.46. The lowest BCUT2D eigenvalue weighted by Crippen LogP contribution is -2.59. The first kappa shape index (κ1) is 33.3. The molecule has 2 saturated heterocycles. The van der Waals surface area contributed by atoms with Crippen LogP contribution >= 0.6 is 0 Å². The summed E-state index contributed by atoms with van der Waals surface area (Å²) in [7, 11) is 0. The van der Waals surface area contributed by atoms with Crippen LogP contribution in [0.1, 0.15) is 56.4 Å². The molecule has 1 amide bonds. The number of aliphatic hydroxyl groups is 1. The maximum absolute atomic E-state index is 13.6. The number of piperazine rings is 1. The standard InChI is InChI=1S/C32H40F6N4O3/c1-5-6-22-13-25(30(44,31(33,34)35)32(36,37)38)7-9-26(22)41-15-21(3)42(16-20(41)2)28(43)17-40-18-29(4,39-19-40)24-8-10-27-23(14-24)11-12-45-27/h7-10,13-14,20-21,39,44H,5-6,11-12,15-19H2,1-4H3/t20?,21?,29-/m1/s1. The number of nitrogens with zero attached hydrogens (tertiary/aromatic N) is 3. The van der Waals surface area contributed by atoms with Crippen molar-refractivity contribution in [1.82, 2.24) is 15.1 Å². The number of halogens is 6. The largest absolute Gasteiger partial charge is 0.493 e. The highest BCUT2D eigenvalue weighted by Crippen LogP contribution is 2.50. The van der Waals surface area contributed by atoms with Gasteiger partial charge in [0.2, 0.25) is 5.91 Å². The first-order valence-corrected chi connectivity index (χ1v) is 15.3. The van der Waals surface area contributed by atoms with Crippen LogP contribution in [-0.2, 0) is 28.8 Å². The van der Waals surface area contributed by atoms with Crippen LogP contribution in [0.2, 0.25) is 0 Å². The highest BCUT2D eigenvalue weighted by molar-refractivity contribution is 5.79. The van der Waals surface area contributed by atoms with Crippen LogP contribution in [0, 0.1) is 0 Å². The quantitative estimate of drug-likeness (QED) is 0.411. The number of aryl methyl sites for hydroxylation is 1. The first-order chi connectivity index (χ1) is 21.0. The van der Waals surface area contributed by atoms with Gasteiger partial charge in [0.15, 0.2) is 0 Å². The summed E-state index contributed by atoms with van der Waals surface area (Å²) in [4.78, 5) is 19.3. The van der Waals surface area contributed by atoms with Gasteiger partial charge in [-0.25, -0.2) is 0 Å². The lowest BCUT2D eigenvalue weighted by molar-refractivity contribution is -0.376. The number of ether oxygens (including phenoxy) is 1. The second-order valence-corrected chi connectivity index (χ2v) is 12.8. The van der Waals surface area contributed by atoms with E-state index in [1.807, 2.05) is 24.8 Å². The molecule has 2 fully saturated rings. The van der Waals surface area contributed by atoms with Gasteiger partial charge in [-0.05, 0) is 56.0 Å². The topological polar surface area (TPSA) is 68.3 Å². The number of alkyl halides is 6. The number of benzene rings is 2. The SMILES string of the molecule is CCCc1cc(C(O)(C(F)(F)F)C(F)(F)F)ccc1N1CC(C)N(C(=O)CN2CN[C@@](C)(c3ccc4c(c3)CCO4)C2)CC1C. The van der Waals surface area contributed by atoms with E-state index in [0.29, 0.717) is 51.1 Å². The second-order valence-electron chi connectivity index (χ2n) is 12.8. The van der Waals surface area contributed by atoms with Crippen LogP contribution in [0.4, 0.5) is 32.0 Å². The predicted molar refractivity (Wildman–Crippen MR) is 157 cm³/mol. The molecule has 248 valence electrons. The highest BCUT2D eigenvalue weighted by Gasteiger charge is 2.71. The molecule has 3 heterocycles. The fraction of sp³-hybridized carbons (Fsp3) is 0.594. The molecule has 3 aliphatic rings. The third-order valence-electron chi connectivity index (χ3n) is 9.37. The molecule has 7 nitrogen and oxygen atoms in total. The molecule has 13 heteroatoms. The van der Waals surface area contributed by atoms with Crippen LogP contribution in [0.5, 0.6) is 5.75 Å². The normalized spacial score (nSPS) is 24.6. The van der Waals surface area contributed by atoms with Crippen molar-refractivity contribution < 1.29 is 41.0 Å². The number of hydrogen-bond donors (Lipinski definition) is 2. The number of rotatable bonds is 7. The van der Waals surface area contributed by atoms with Crippen molar-refractivity contribution >= 4 is 11.6 Å². The Hall–Kier alpha value is -3.03. The fourth-order valence-electron chi connectivity index (χ4n) is 6.82.